The first kappa shape index (κ1) is 41.7. The number of allylic oxidation sites excluding steroid dienone is 2. The van der Waals surface area contributed by atoms with E-state index in [1.54, 1.807) is 7.11 Å². The van der Waals surface area contributed by atoms with Crippen molar-refractivity contribution in [2.24, 2.45) is 11.8 Å². The minimum Gasteiger partial charge on any atom is -0.383 e. The highest BCUT2D eigenvalue weighted by atomic mass is 16.5. The molecule has 0 saturated carbocycles. The van der Waals surface area contributed by atoms with E-state index in [2.05, 4.69) is 131 Å². The van der Waals surface area contributed by atoms with E-state index in [0.717, 1.165) is 51.3 Å². The van der Waals surface area contributed by atoms with Crippen molar-refractivity contribution in [3.63, 3.8) is 0 Å². The van der Waals surface area contributed by atoms with Gasteiger partial charge in [-0.3, -0.25) is 14.7 Å². The van der Waals surface area contributed by atoms with Gasteiger partial charge in [0.25, 0.3) is 0 Å². The molecule has 50 heavy (non-hydrogen) atoms. The van der Waals surface area contributed by atoms with Gasteiger partial charge in [0.1, 0.15) is 0 Å². The second-order valence-electron chi connectivity index (χ2n) is 16.1. The molecule has 0 bridgehead atoms. The molecule has 276 valence electrons. The zero-order valence-electron chi connectivity index (χ0n) is 33.6. The van der Waals surface area contributed by atoms with Crippen LogP contribution in [-0.2, 0) is 24.2 Å². The van der Waals surface area contributed by atoms with Crippen LogP contribution in [0.3, 0.4) is 0 Å². The monoisotopic (exact) mass is 682 g/mol. The summed E-state index contributed by atoms with van der Waals surface area (Å²) in [6.45, 7) is 30.3. The Morgan fingerprint density at radius 1 is 0.920 bits per heavy atom. The van der Waals surface area contributed by atoms with Crippen LogP contribution in [0, 0.1) is 24.2 Å². The Labute approximate surface area is 308 Å². The first-order valence-corrected chi connectivity index (χ1v) is 19.6. The molecule has 4 nitrogen and oxygen atoms in total. The van der Waals surface area contributed by atoms with Crippen LogP contribution in [0.1, 0.15) is 121 Å². The lowest BCUT2D eigenvalue weighted by atomic mass is 9.93. The van der Waals surface area contributed by atoms with Gasteiger partial charge in [0.05, 0.1) is 6.61 Å². The van der Waals surface area contributed by atoms with Gasteiger partial charge in [-0.25, -0.2) is 0 Å². The molecular formula is C46H71N3O. The fourth-order valence-corrected chi connectivity index (χ4v) is 7.05. The first-order chi connectivity index (χ1) is 23.9. The number of methoxy groups -OCH3 is 1. The minimum absolute atomic E-state index is 0.591. The lowest BCUT2D eigenvalue weighted by Crippen LogP contribution is -2.33. The van der Waals surface area contributed by atoms with Gasteiger partial charge in [0.2, 0.25) is 0 Å². The standard InChI is InChI=1S/C16H25N.C15H23NO.C15H23N/c1-6-7-16(10-15(5)13(2)3)12-17-9-8-14(4)11-17;1-12(2)14-5-4-13-6-7-16(8-9-17-3)11-15(13)10-14;1-12(2)15-8-4-7-14(10-15)11-16-9-5-6-13(16)3/h1,7,10,13-14H,8-9,11-12H2,2-5H3;4-5,10,12H,6-9,11H2,1-3H3;4,7-8,10,12-13H,5-6,9,11H2,1-3H3/b15-10+,16-7+;;. The molecule has 2 aromatic rings. The first-order valence-electron chi connectivity index (χ1n) is 19.6. The van der Waals surface area contributed by atoms with Gasteiger partial charge in [-0.05, 0) is 116 Å². The summed E-state index contributed by atoms with van der Waals surface area (Å²) >= 11 is 0. The summed E-state index contributed by atoms with van der Waals surface area (Å²) < 4.78 is 5.15. The van der Waals surface area contributed by atoms with Gasteiger partial charge < -0.3 is 4.74 Å². The van der Waals surface area contributed by atoms with Crippen LogP contribution in [0.5, 0.6) is 0 Å². The molecule has 2 unspecified atom stereocenters. The van der Waals surface area contributed by atoms with Gasteiger partial charge >= 0.3 is 0 Å². The lowest BCUT2D eigenvalue weighted by molar-refractivity contribution is 0.141. The molecule has 5 rings (SSSR count). The summed E-state index contributed by atoms with van der Waals surface area (Å²) in [6.07, 6.45) is 14.8. The Morgan fingerprint density at radius 2 is 1.66 bits per heavy atom. The lowest BCUT2D eigenvalue weighted by Gasteiger charge is -2.29. The van der Waals surface area contributed by atoms with Crippen LogP contribution in [0.2, 0.25) is 0 Å². The normalized spacial score (nSPS) is 20.4. The number of ether oxygens (including phenoxy) is 1. The van der Waals surface area contributed by atoms with Crippen molar-refractivity contribution in [1.29, 1.82) is 0 Å². The molecule has 2 aromatic carbocycles. The molecule has 0 amide bonds. The molecule has 3 aliphatic heterocycles. The zero-order chi connectivity index (χ0) is 36.6. The van der Waals surface area contributed by atoms with Crippen LogP contribution in [0.25, 0.3) is 0 Å². The molecule has 3 heterocycles. The maximum Gasteiger partial charge on any atom is 0.0589 e. The average Bonchev–Trinajstić information content (AvgIpc) is 3.70. The molecule has 2 atom stereocenters. The van der Waals surface area contributed by atoms with Crippen LogP contribution < -0.4 is 0 Å². The third kappa shape index (κ3) is 14.1. The Bertz CT molecular complexity index is 1400. The number of hydrogen-bond acceptors (Lipinski definition) is 4. The Morgan fingerprint density at radius 3 is 2.26 bits per heavy atom. The molecule has 2 fully saturated rings. The second kappa shape index (κ2) is 21.6. The highest BCUT2D eigenvalue weighted by Gasteiger charge is 2.21. The minimum atomic E-state index is 0.591. The van der Waals surface area contributed by atoms with E-state index in [4.69, 9.17) is 11.2 Å². The van der Waals surface area contributed by atoms with Crippen molar-refractivity contribution in [1.82, 2.24) is 14.7 Å². The molecule has 0 radical (unpaired) electrons. The van der Waals surface area contributed by atoms with E-state index in [9.17, 15) is 0 Å². The highest BCUT2D eigenvalue weighted by molar-refractivity contribution is 5.35. The maximum atomic E-state index is 5.41. The van der Waals surface area contributed by atoms with Crippen molar-refractivity contribution in [2.75, 3.05) is 53.0 Å². The number of benzene rings is 2. The number of fused-ring (bicyclic) bond motifs is 1. The van der Waals surface area contributed by atoms with Gasteiger partial charge in [-0.1, -0.05) is 109 Å². The predicted octanol–water partition coefficient (Wildman–Crippen LogP) is 10.1. The highest BCUT2D eigenvalue weighted by Crippen LogP contribution is 2.25. The summed E-state index contributed by atoms with van der Waals surface area (Å²) in [5, 5.41) is 0. The topological polar surface area (TPSA) is 19.0 Å². The third-order valence-corrected chi connectivity index (χ3v) is 10.8. The van der Waals surface area contributed by atoms with Crippen molar-refractivity contribution >= 4 is 0 Å². The fourth-order valence-electron chi connectivity index (χ4n) is 7.05. The number of hydrogen-bond donors (Lipinski definition) is 0. The van der Waals surface area contributed by atoms with E-state index in [1.807, 2.05) is 6.08 Å². The summed E-state index contributed by atoms with van der Waals surface area (Å²) in [6, 6.07) is 16.8. The third-order valence-electron chi connectivity index (χ3n) is 10.8. The van der Waals surface area contributed by atoms with E-state index >= 15 is 0 Å². The Balaban J connectivity index is 0.000000203. The van der Waals surface area contributed by atoms with Gasteiger partial charge in [0, 0.05) is 52.4 Å². The van der Waals surface area contributed by atoms with E-state index in [0.29, 0.717) is 17.8 Å². The Kier molecular flexibility index (Phi) is 18.1. The number of nitrogens with zero attached hydrogens (tertiary/aromatic N) is 3. The second-order valence-corrected chi connectivity index (χ2v) is 16.1. The molecule has 0 aliphatic carbocycles. The van der Waals surface area contributed by atoms with Crippen LogP contribution in [-0.4, -0.2) is 73.7 Å². The maximum absolute atomic E-state index is 5.41. The Hall–Kier alpha value is -2.68. The molecule has 0 N–H and O–H groups in total. The number of likely N-dealkylation sites (tertiary alicyclic amines) is 2. The fraction of sp³-hybridized carbons (Fsp3) is 0.609. The van der Waals surface area contributed by atoms with E-state index in [-0.39, 0.29) is 0 Å². The van der Waals surface area contributed by atoms with Gasteiger partial charge in [-0.2, -0.15) is 0 Å². The van der Waals surface area contributed by atoms with Crippen molar-refractivity contribution < 1.29 is 4.74 Å². The predicted molar refractivity (Wildman–Crippen MR) is 217 cm³/mol. The molecule has 0 aromatic heterocycles. The molecular weight excluding hydrogens is 611 g/mol. The van der Waals surface area contributed by atoms with Crippen molar-refractivity contribution in [3.05, 3.63) is 93.6 Å². The number of terminal acetylenes is 1. The van der Waals surface area contributed by atoms with Crippen molar-refractivity contribution in [3.8, 4) is 12.3 Å². The van der Waals surface area contributed by atoms with Crippen molar-refractivity contribution in [2.45, 2.75) is 119 Å². The SMILES string of the molecule is C#C/C=C(\C=C(/C)C(C)C)CN1CCC(C)C1.CC(C)c1cccc(CN2CCCC2C)c1.COCCN1CCc2ccc(C(C)C)cc2C1. The summed E-state index contributed by atoms with van der Waals surface area (Å²) in [7, 11) is 1.77. The van der Waals surface area contributed by atoms with Crippen LogP contribution in [0.15, 0.2) is 65.8 Å². The van der Waals surface area contributed by atoms with E-state index < -0.39 is 0 Å². The quantitative estimate of drug-likeness (QED) is 0.174. The van der Waals surface area contributed by atoms with Gasteiger partial charge in [-0.15, -0.1) is 6.42 Å². The largest absolute Gasteiger partial charge is 0.383 e. The van der Waals surface area contributed by atoms with E-state index in [1.165, 1.54) is 84.3 Å². The number of rotatable bonds is 11. The summed E-state index contributed by atoms with van der Waals surface area (Å²) in [5.74, 6) is 5.34. The zero-order valence-corrected chi connectivity index (χ0v) is 33.6. The molecule has 4 heteroatoms. The smallest absolute Gasteiger partial charge is 0.0589 e. The van der Waals surface area contributed by atoms with Crippen LogP contribution >= 0.6 is 0 Å². The molecule has 0 spiro atoms. The average molecular weight is 682 g/mol. The summed E-state index contributed by atoms with van der Waals surface area (Å²) in [5.41, 5.74) is 10.1. The van der Waals surface area contributed by atoms with Crippen LogP contribution in [0.4, 0.5) is 0 Å². The van der Waals surface area contributed by atoms with Gasteiger partial charge in [0.15, 0.2) is 0 Å². The molecule has 3 aliphatic rings. The summed E-state index contributed by atoms with van der Waals surface area (Å²) in [4.78, 5) is 7.58. The molecule has 2 saturated heterocycles.